The Balaban J connectivity index is 0.000000200. The van der Waals surface area contributed by atoms with E-state index in [1.807, 2.05) is 42.9 Å². The van der Waals surface area contributed by atoms with Crippen molar-refractivity contribution < 1.29 is 53.0 Å². The van der Waals surface area contributed by atoms with Crippen LogP contribution in [-0.2, 0) is 44.6 Å². The standard InChI is InChI=1S/C38H65NO5.C37H65N3O4.C8H10N2O2/c1-23(2)24(3)33(7)17-18-35(9)25-13-14-28-34(8)20-43-22-38(28,26(25)15-16-36(35,10)29(33)31(40)41)19-27(42-12)30(34)44-21-37(11,39)32(4,5)6;1-22(2)23(3)32(7)16-17-34(9)24-12-13-27-33(8)19-43-21-37(27,25(24)14-15-35(34,10)28(32)30(41)42)18-26(40-39)29(33)44-20-36(11,38)31(4,5)6;9-10-8(11)12-6-7-4-2-1-3-5-7/h15,23-25,27-30H,13-14,16-22,39H2,1-12H3,(H,40,41);14,22-24,26-29,40H,12-13,15-21,38-39H2,1-11H3,(H,41,42);1-5H,6,9H2,(H,10,11)/t24-,25+,27-,28+,29-,30+,33-,34-,35-,36+,37+,38+;23-,24+,26-,27+,28-,29+,32-,33-,34-,35+,36+,37+;/m11./s1. The first-order chi connectivity index (χ1) is 46.1. The van der Waals surface area contributed by atoms with Crippen molar-refractivity contribution in [3.8, 4) is 0 Å². The van der Waals surface area contributed by atoms with Crippen LogP contribution in [0.4, 0.5) is 4.79 Å². The molecular formula is C83H140N6O11. The van der Waals surface area contributed by atoms with Crippen molar-refractivity contribution in [2.75, 3.05) is 46.8 Å². The van der Waals surface area contributed by atoms with Gasteiger partial charge in [-0.3, -0.25) is 26.3 Å². The summed E-state index contributed by atoms with van der Waals surface area (Å²) in [4.78, 5) is 37.2. The first-order valence-electron chi connectivity index (χ1n) is 38.6. The highest BCUT2D eigenvalue weighted by atomic mass is 16.6. The molecule has 0 unspecified atom stereocenters. The molecule has 100 heavy (non-hydrogen) atoms. The second-order valence-corrected chi connectivity index (χ2v) is 39.7. The number of benzene rings is 1. The van der Waals surface area contributed by atoms with Crippen LogP contribution >= 0.6 is 0 Å². The molecule has 1 aromatic rings. The number of hydrogen-bond acceptors (Lipinski definition) is 14. The SMILES string of the molecule is CC(C)[C@@H](C)[C@@]1(C)CC[C@]2(C)[C@H]3CC[C@@H]4[C@@]5(COC[C@@]4(C)[C@@H](OC[C@](C)(N)C(C)(C)C)[C@H](NN)C5)C3=CC[C@@]2(C)[C@@H]1C(=O)O.CO[C@@H]1C[C@@]23COC[C@](C)([C@@H]2CC[C@H]2C3=CC[C@@]3(C)[C@H](C(=O)O)[C@@](C)([C@H](C)C(C)C)CC[C@]23C)[C@H]1OC[C@](C)(N)C(C)(C)C.NNC(=O)OCc1ccccc1. The molecule has 1 aromatic carbocycles. The van der Waals surface area contributed by atoms with E-state index in [4.69, 9.17) is 51.6 Å². The number of nitrogens with one attached hydrogen (secondary N) is 2. The Bertz CT molecular complexity index is 2980. The van der Waals surface area contributed by atoms with Gasteiger partial charge in [-0.05, 0) is 187 Å². The van der Waals surface area contributed by atoms with Crippen molar-refractivity contribution in [3.63, 3.8) is 0 Å². The van der Waals surface area contributed by atoms with Crippen molar-refractivity contribution >= 4 is 18.0 Å². The maximum atomic E-state index is 13.3. The molecule has 8 fully saturated rings. The van der Waals surface area contributed by atoms with Crippen LogP contribution in [0.1, 0.15) is 235 Å². The Morgan fingerprint density at radius 2 is 0.990 bits per heavy atom. The number of hydrogen-bond donors (Lipinski definition) is 8. The third-order valence-electron chi connectivity index (χ3n) is 32.6. The number of amides is 1. The van der Waals surface area contributed by atoms with E-state index in [9.17, 15) is 24.6 Å². The average Bonchev–Trinajstić information content (AvgIpc) is 0.677. The predicted octanol–water partition coefficient (Wildman–Crippen LogP) is 15.1. The van der Waals surface area contributed by atoms with E-state index in [0.29, 0.717) is 80.4 Å². The van der Waals surface area contributed by atoms with E-state index in [-0.39, 0.29) is 108 Å². The molecule has 4 bridgehead atoms. The van der Waals surface area contributed by atoms with Gasteiger partial charge in [-0.25, -0.2) is 10.6 Å². The second-order valence-electron chi connectivity index (χ2n) is 39.7. The molecule has 2 heterocycles. The summed E-state index contributed by atoms with van der Waals surface area (Å²) < 4.78 is 37.9. The zero-order valence-electron chi connectivity index (χ0n) is 66.4. The van der Waals surface area contributed by atoms with Gasteiger partial charge in [0.05, 0.1) is 69.8 Å². The number of carbonyl (C=O) groups is 3. The molecular weight excluding hydrogens is 1260 g/mol. The van der Waals surface area contributed by atoms with Crippen LogP contribution in [0, 0.1) is 124 Å². The topological polar surface area (TPSA) is 275 Å². The first-order valence-corrected chi connectivity index (χ1v) is 38.6. The second kappa shape index (κ2) is 28.0. The summed E-state index contributed by atoms with van der Waals surface area (Å²) in [6.45, 7) is 53.6. The van der Waals surface area contributed by atoms with Gasteiger partial charge in [0.25, 0.3) is 0 Å². The predicted molar refractivity (Wildman–Crippen MR) is 397 cm³/mol. The molecule has 2 aliphatic heterocycles. The molecule has 17 nitrogen and oxygen atoms in total. The number of fused-ring (bicyclic) bond motifs is 6. The molecule has 24 atom stereocenters. The van der Waals surface area contributed by atoms with Crippen molar-refractivity contribution in [2.24, 2.45) is 147 Å². The number of hydrazine groups is 2. The maximum absolute atomic E-state index is 13.3. The molecule has 0 aromatic heterocycles. The number of carboxylic acids is 2. The third kappa shape index (κ3) is 12.9. The van der Waals surface area contributed by atoms with Gasteiger partial charge in [-0.15, -0.1) is 0 Å². The molecule has 8 aliphatic carbocycles. The Morgan fingerprint density at radius 3 is 1.37 bits per heavy atom. The highest BCUT2D eigenvalue weighted by Crippen LogP contribution is 2.77. The summed E-state index contributed by atoms with van der Waals surface area (Å²) in [5.74, 6) is 12.3. The van der Waals surface area contributed by atoms with Gasteiger partial charge >= 0.3 is 18.0 Å². The number of allylic oxidation sites excluding steroid dienone is 2. The molecule has 0 spiro atoms. The molecule has 0 radical (unpaired) electrons. The molecule has 10 aliphatic rings. The van der Waals surface area contributed by atoms with Crippen LogP contribution in [-0.4, -0.2) is 110 Å². The fourth-order valence-corrected chi connectivity index (χ4v) is 23.9. The van der Waals surface area contributed by atoms with E-state index in [1.54, 1.807) is 5.57 Å². The van der Waals surface area contributed by atoms with Crippen LogP contribution in [0.25, 0.3) is 0 Å². The van der Waals surface area contributed by atoms with Crippen LogP contribution in [0.3, 0.4) is 0 Å². The van der Waals surface area contributed by atoms with Crippen LogP contribution < -0.4 is 34.0 Å². The zero-order valence-corrected chi connectivity index (χ0v) is 66.4. The molecule has 17 heteroatoms. The summed E-state index contributed by atoms with van der Waals surface area (Å²) in [6, 6.07) is 9.35. The quantitative estimate of drug-likeness (QED) is 0.0331. The van der Waals surface area contributed by atoms with Crippen molar-refractivity contribution in [3.05, 3.63) is 59.2 Å². The van der Waals surface area contributed by atoms with Crippen molar-refractivity contribution in [1.29, 1.82) is 0 Å². The summed E-state index contributed by atoms with van der Waals surface area (Å²) >= 11 is 0. The molecule has 1 amide bonds. The van der Waals surface area contributed by atoms with Gasteiger partial charge < -0.3 is 50.1 Å². The normalized spacial score (nSPS) is 42.9. The van der Waals surface area contributed by atoms with Crippen molar-refractivity contribution in [2.45, 2.75) is 271 Å². The van der Waals surface area contributed by atoms with Crippen LogP contribution in [0.2, 0.25) is 0 Å². The molecule has 568 valence electrons. The average molecular weight is 1400 g/mol. The number of carbonyl (C=O) groups excluding carboxylic acids is 1. The van der Waals surface area contributed by atoms with Gasteiger partial charge in [-0.2, -0.15) is 0 Å². The van der Waals surface area contributed by atoms with E-state index in [0.717, 1.165) is 89.2 Å². The minimum absolute atomic E-state index is 0.0232. The lowest BCUT2D eigenvalue weighted by atomic mass is 9.34. The Labute approximate surface area is 603 Å². The van der Waals surface area contributed by atoms with Gasteiger partial charge in [-0.1, -0.05) is 192 Å². The van der Waals surface area contributed by atoms with E-state index < -0.39 is 29.1 Å². The lowest BCUT2D eigenvalue weighted by Crippen LogP contribution is -2.72. The highest BCUT2D eigenvalue weighted by molar-refractivity contribution is 5.74. The lowest BCUT2D eigenvalue weighted by molar-refractivity contribution is -0.270. The number of rotatable bonds is 16. The highest BCUT2D eigenvalue weighted by Gasteiger charge is 2.74. The lowest BCUT2D eigenvalue weighted by Gasteiger charge is -2.71. The van der Waals surface area contributed by atoms with Gasteiger partial charge in [0.1, 0.15) is 6.61 Å². The minimum Gasteiger partial charge on any atom is -0.481 e. The number of nitrogens with two attached hydrogens (primary N) is 4. The van der Waals surface area contributed by atoms with E-state index in [2.05, 4.69) is 170 Å². The maximum Gasteiger partial charge on any atom is 0.421 e. The number of ether oxygens (including phenoxy) is 6. The molecule has 11 rings (SSSR count). The fourth-order valence-electron chi connectivity index (χ4n) is 23.9. The number of carboxylic acid groups (broad SMARTS) is 2. The number of aliphatic carboxylic acids is 2. The monoisotopic (exact) mass is 1400 g/mol. The summed E-state index contributed by atoms with van der Waals surface area (Å²) in [5.41, 5.74) is 19.6. The van der Waals surface area contributed by atoms with Crippen LogP contribution in [0.15, 0.2) is 53.6 Å². The minimum atomic E-state index is -0.626. The third-order valence-corrected chi connectivity index (χ3v) is 32.6. The number of methoxy groups -OCH3 is 1. The Kier molecular flexibility index (Phi) is 22.6. The summed E-state index contributed by atoms with van der Waals surface area (Å²) in [5, 5.41) is 21.9. The summed E-state index contributed by atoms with van der Waals surface area (Å²) in [7, 11) is 1.84. The van der Waals surface area contributed by atoms with Crippen LogP contribution in [0.5, 0.6) is 0 Å². The summed E-state index contributed by atoms with van der Waals surface area (Å²) in [6.07, 6.45) is 15.9. The Hall–Kier alpha value is -3.49. The Morgan fingerprint density at radius 1 is 0.580 bits per heavy atom. The fraction of sp³-hybridized carbons (Fsp3) is 0.843. The largest absolute Gasteiger partial charge is 0.481 e. The van der Waals surface area contributed by atoms with Gasteiger partial charge in [0, 0.05) is 45.9 Å². The molecule has 6 saturated carbocycles. The van der Waals surface area contributed by atoms with Gasteiger partial charge in [0.2, 0.25) is 0 Å². The van der Waals surface area contributed by atoms with E-state index in [1.165, 1.54) is 5.57 Å². The molecule has 2 saturated heterocycles. The van der Waals surface area contributed by atoms with E-state index >= 15 is 0 Å². The zero-order chi connectivity index (χ0) is 74.6. The van der Waals surface area contributed by atoms with Gasteiger partial charge in [0.15, 0.2) is 0 Å². The molecule has 12 N–H and O–H groups in total. The smallest absolute Gasteiger partial charge is 0.421 e. The van der Waals surface area contributed by atoms with Crippen molar-refractivity contribution in [1.82, 2.24) is 10.9 Å². The first kappa shape index (κ1) is 80.6.